The van der Waals surface area contributed by atoms with Crippen LogP contribution in [-0.2, 0) is 0 Å². The molecule has 0 fully saturated rings. The zero-order chi connectivity index (χ0) is 9.40. The summed E-state index contributed by atoms with van der Waals surface area (Å²) in [5.41, 5.74) is 5.59. The van der Waals surface area contributed by atoms with Gasteiger partial charge in [-0.25, -0.2) is 0 Å². The van der Waals surface area contributed by atoms with Crippen LogP contribution in [0.2, 0.25) is 0 Å². The summed E-state index contributed by atoms with van der Waals surface area (Å²) in [6, 6.07) is 0. The molecule has 1 atom stereocenters. The third-order valence-electron chi connectivity index (χ3n) is 1.48. The third kappa shape index (κ3) is 6.34. The second-order valence-corrected chi connectivity index (χ2v) is 3.98. The first kappa shape index (κ1) is 11.6. The van der Waals surface area contributed by atoms with E-state index in [0.29, 0.717) is 11.2 Å². The highest BCUT2D eigenvalue weighted by molar-refractivity contribution is 7.99. The molecule has 12 heavy (non-hydrogen) atoms. The summed E-state index contributed by atoms with van der Waals surface area (Å²) in [5.74, 6) is 0.567. The van der Waals surface area contributed by atoms with Gasteiger partial charge in [0, 0.05) is 11.8 Å². The maximum absolute atomic E-state index is 5.59. The molecule has 0 rings (SSSR count). The first-order chi connectivity index (χ1) is 5.70. The Kier molecular flexibility index (Phi) is 7.05. The molecule has 0 heterocycles. The molecular formula is C8H19N3S. The first-order valence-corrected chi connectivity index (χ1v) is 5.56. The molecule has 0 aliphatic carbocycles. The van der Waals surface area contributed by atoms with Crippen LogP contribution in [0.25, 0.3) is 0 Å². The quantitative estimate of drug-likeness (QED) is 0.502. The van der Waals surface area contributed by atoms with Gasteiger partial charge in [-0.05, 0) is 12.7 Å². The summed E-state index contributed by atoms with van der Waals surface area (Å²) >= 11 is 1.80. The summed E-state index contributed by atoms with van der Waals surface area (Å²) in [6.07, 6.45) is 3.16. The van der Waals surface area contributed by atoms with E-state index in [1.807, 2.05) is 0 Å². The van der Waals surface area contributed by atoms with Gasteiger partial charge in [-0.2, -0.15) is 11.8 Å². The van der Waals surface area contributed by atoms with Crippen LogP contribution in [0.3, 0.4) is 0 Å². The molecule has 0 spiro atoms. The largest absolute Gasteiger partial charge is 0.370 e. The fourth-order valence-corrected chi connectivity index (χ4v) is 0.834. The van der Waals surface area contributed by atoms with E-state index in [9.17, 15) is 0 Å². The maximum atomic E-state index is 5.59. The van der Waals surface area contributed by atoms with E-state index in [-0.39, 0.29) is 0 Å². The van der Waals surface area contributed by atoms with Crippen LogP contribution >= 0.6 is 11.8 Å². The zero-order valence-electron chi connectivity index (χ0n) is 8.13. The fraction of sp³-hybridized carbons (Fsp3) is 0.875. The van der Waals surface area contributed by atoms with Gasteiger partial charge in [-0.3, -0.25) is 4.99 Å². The summed E-state index contributed by atoms with van der Waals surface area (Å²) < 4.78 is 0. The topological polar surface area (TPSA) is 50.4 Å². The lowest BCUT2D eigenvalue weighted by atomic mass is 10.5. The minimum Gasteiger partial charge on any atom is -0.370 e. The highest BCUT2D eigenvalue weighted by Crippen LogP contribution is 2.03. The van der Waals surface area contributed by atoms with Crippen molar-refractivity contribution >= 4 is 17.7 Å². The lowest BCUT2D eigenvalue weighted by Crippen LogP contribution is -2.32. The molecule has 0 aromatic rings. The molecule has 0 saturated heterocycles. The molecule has 0 aliphatic rings. The Labute approximate surface area is 79.2 Å². The normalized spacial score (nSPS) is 14.4. The van der Waals surface area contributed by atoms with E-state index < -0.39 is 0 Å². The van der Waals surface area contributed by atoms with Gasteiger partial charge in [-0.1, -0.05) is 13.8 Å². The molecule has 0 bridgehead atoms. The molecular weight excluding hydrogens is 170 g/mol. The molecule has 0 aliphatic heterocycles. The Morgan fingerprint density at radius 1 is 1.67 bits per heavy atom. The highest BCUT2D eigenvalue weighted by Gasteiger charge is 1.96. The molecule has 0 radical (unpaired) electrons. The Morgan fingerprint density at radius 3 is 2.83 bits per heavy atom. The molecule has 3 nitrogen and oxygen atoms in total. The van der Waals surface area contributed by atoms with Gasteiger partial charge >= 0.3 is 0 Å². The van der Waals surface area contributed by atoms with E-state index >= 15 is 0 Å². The maximum Gasteiger partial charge on any atom is 0.188 e. The average molecular weight is 189 g/mol. The van der Waals surface area contributed by atoms with E-state index in [0.717, 1.165) is 19.5 Å². The van der Waals surface area contributed by atoms with Crippen molar-refractivity contribution in [1.29, 1.82) is 0 Å². The van der Waals surface area contributed by atoms with E-state index in [4.69, 9.17) is 5.73 Å². The van der Waals surface area contributed by atoms with Gasteiger partial charge in [0.2, 0.25) is 0 Å². The minimum atomic E-state index is 0.548. The lowest BCUT2D eigenvalue weighted by Gasteiger charge is -2.06. The van der Waals surface area contributed by atoms with E-state index in [1.54, 1.807) is 11.8 Å². The zero-order valence-corrected chi connectivity index (χ0v) is 8.95. The highest BCUT2D eigenvalue weighted by atomic mass is 32.2. The van der Waals surface area contributed by atoms with Crippen LogP contribution < -0.4 is 11.1 Å². The molecule has 0 saturated carbocycles. The Hall–Kier alpha value is -0.380. The predicted octanol–water partition coefficient (Wildman–Crippen LogP) is 1.05. The van der Waals surface area contributed by atoms with Gasteiger partial charge in [0.15, 0.2) is 5.96 Å². The summed E-state index contributed by atoms with van der Waals surface area (Å²) in [7, 11) is 0. The van der Waals surface area contributed by atoms with Crippen molar-refractivity contribution in [3.63, 3.8) is 0 Å². The number of nitrogens with one attached hydrogen (secondary N) is 1. The average Bonchev–Trinajstić information content (AvgIpc) is 2.10. The van der Waals surface area contributed by atoms with Crippen molar-refractivity contribution in [2.24, 2.45) is 10.7 Å². The van der Waals surface area contributed by atoms with Crippen LogP contribution in [0, 0.1) is 0 Å². The molecule has 3 N–H and O–H groups in total. The van der Waals surface area contributed by atoms with Crippen molar-refractivity contribution in [3.8, 4) is 0 Å². The lowest BCUT2D eigenvalue weighted by molar-refractivity contribution is 0.822. The van der Waals surface area contributed by atoms with Crippen LogP contribution in [0.15, 0.2) is 4.99 Å². The number of thioether (sulfide) groups is 1. The van der Waals surface area contributed by atoms with Gasteiger partial charge < -0.3 is 11.1 Å². The Bertz CT molecular complexity index is 136. The van der Waals surface area contributed by atoms with Crippen LogP contribution in [0.4, 0.5) is 0 Å². The molecule has 0 amide bonds. The van der Waals surface area contributed by atoms with Crippen LogP contribution in [-0.4, -0.2) is 30.6 Å². The monoisotopic (exact) mass is 189 g/mol. The SMILES string of the molecule is CCCNC(N)=NCC(C)SC. The summed E-state index contributed by atoms with van der Waals surface area (Å²) in [4.78, 5) is 4.19. The number of hydrogen-bond donors (Lipinski definition) is 2. The van der Waals surface area contributed by atoms with Gasteiger partial charge in [0.05, 0.1) is 6.54 Å². The van der Waals surface area contributed by atoms with Crippen LogP contribution in [0.1, 0.15) is 20.3 Å². The Morgan fingerprint density at radius 2 is 2.33 bits per heavy atom. The number of guanidine groups is 1. The second kappa shape index (κ2) is 7.28. The number of nitrogens with zero attached hydrogens (tertiary/aromatic N) is 1. The molecule has 4 heteroatoms. The molecule has 72 valence electrons. The Balaban J connectivity index is 3.53. The summed E-state index contributed by atoms with van der Waals surface area (Å²) in [5, 5.41) is 3.58. The van der Waals surface area contributed by atoms with Crippen molar-refractivity contribution in [1.82, 2.24) is 5.32 Å². The number of aliphatic imine (C=N–C) groups is 1. The van der Waals surface area contributed by atoms with Crippen molar-refractivity contribution < 1.29 is 0 Å². The molecule has 0 aromatic heterocycles. The smallest absolute Gasteiger partial charge is 0.188 e. The van der Waals surface area contributed by atoms with E-state index in [2.05, 4.69) is 30.4 Å². The fourth-order valence-electron chi connectivity index (χ4n) is 0.610. The van der Waals surface area contributed by atoms with Crippen LogP contribution in [0.5, 0.6) is 0 Å². The standard InChI is InChI=1S/C8H19N3S/c1-4-5-10-8(9)11-6-7(2)12-3/h7H,4-6H2,1-3H3,(H3,9,10,11). The van der Waals surface area contributed by atoms with Crippen molar-refractivity contribution in [3.05, 3.63) is 0 Å². The van der Waals surface area contributed by atoms with Gasteiger partial charge in [-0.15, -0.1) is 0 Å². The van der Waals surface area contributed by atoms with Gasteiger partial charge in [0.1, 0.15) is 0 Å². The van der Waals surface area contributed by atoms with Crippen molar-refractivity contribution in [2.75, 3.05) is 19.3 Å². The minimum absolute atomic E-state index is 0.548. The molecule has 0 aromatic carbocycles. The van der Waals surface area contributed by atoms with E-state index in [1.165, 1.54) is 0 Å². The van der Waals surface area contributed by atoms with Crippen molar-refractivity contribution in [2.45, 2.75) is 25.5 Å². The first-order valence-electron chi connectivity index (χ1n) is 4.27. The third-order valence-corrected chi connectivity index (χ3v) is 2.43. The van der Waals surface area contributed by atoms with Gasteiger partial charge in [0.25, 0.3) is 0 Å². The number of rotatable bonds is 5. The molecule has 1 unspecified atom stereocenters. The number of nitrogens with two attached hydrogens (primary N) is 1. The predicted molar refractivity (Wildman–Crippen MR) is 57.8 cm³/mol. The second-order valence-electron chi connectivity index (χ2n) is 2.70. The summed E-state index contributed by atoms with van der Waals surface area (Å²) in [6.45, 7) is 5.94. The number of hydrogen-bond acceptors (Lipinski definition) is 2.